The van der Waals surface area contributed by atoms with E-state index in [2.05, 4.69) is 44.2 Å². The van der Waals surface area contributed by atoms with Gasteiger partial charge >= 0.3 is 0 Å². The second-order valence-corrected chi connectivity index (χ2v) is 10.7. The first kappa shape index (κ1) is 22.0. The Kier molecular flexibility index (Phi) is 6.44. The van der Waals surface area contributed by atoms with Crippen molar-refractivity contribution in [2.45, 2.75) is 90.4 Å². The van der Waals surface area contributed by atoms with Crippen molar-refractivity contribution in [1.29, 1.82) is 0 Å². The van der Waals surface area contributed by atoms with Gasteiger partial charge in [-0.05, 0) is 97.7 Å². The maximum absolute atomic E-state index is 10.2. The SMILES string of the molecule is CC1=C(/C=C/C2=CCCC3(C)C2CCC3C(C)/C=C/C(O)C2CC2)C[C@@H](O)C[C@@H]1O. The lowest BCUT2D eigenvalue weighted by molar-refractivity contribution is 0.0879. The lowest BCUT2D eigenvalue weighted by Gasteiger charge is -2.42. The molecule has 3 heteroatoms. The van der Waals surface area contributed by atoms with Crippen LogP contribution in [0.2, 0.25) is 0 Å². The normalized spacial score (nSPS) is 39.5. The molecule has 0 amide bonds. The first-order valence-corrected chi connectivity index (χ1v) is 12.1. The van der Waals surface area contributed by atoms with Crippen LogP contribution in [-0.4, -0.2) is 33.6 Å². The zero-order chi connectivity index (χ0) is 21.5. The molecule has 3 N–H and O–H groups in total. The molecule has 0 aromatic rings. The van der Waals surface area contributed by atoms with E-state index in [0.29, 0.717) is 41.9 Å². The highest BCUT2D eigenvalue weighted by atomic mass is 16.3. The summed E-state index contributed by atoms with van der Waals surface area (Å²) in [5, 5.41) is 30.5. The molecule has 0 saturated heterocycles. The predicted octanol–water partition coefficient (Wildman–Crippen LogP) is 5.09. The average molecular weight is 413 g/mol. The van der Waals surface area contributed by atoms with Gasteiger partial charge in [0.25, 0.3) is 0 Å². The Morgan fingerprint density at radius 2 is 1.87 bits per heavy atom. The van der Waals surface area contributed by atoms with E-state index < -0.39 is 12.2 Å². The van der Waals surface area contributed by atoms with Crippen molar-refractivity contribution in [1.82, 2.24) is 0 Å². The van der Waals surface area contributed by atoms with Crippen LogP contribution < -0.4 is 0 Å². The summed E-state index contributed by atoms with van der Waals surface area (Å²) >= 11 is 0. The van der Waals surface area contributed by atoms with Crippen molar-refractivity contribution in [3.8, 4) is 0 Å². The van der Waals surface area contributed by atoms with E-state index >= 15 is 0 Å². The molecule has 0 aromatic carbocycles. The van der Waals surface area contributed by atoms with Crippen molar-refractivity contribution in [2.24, 2.45) is 29.1 Å². The van der Waals surface area contributed by atoms with E-state index in [0.717, 1.165) is 17.6 Å². The molecule has 2 saturated carbocycles. The van der Waals surface area contributed by atoms with E-state index in [4.69, 9.17) is 0 Å². The fourth-order valence-electron chi connectivity index (χ4n) is 6.47. The molecule has 4 aliphatic carbocycles. The number of fused-ring (bicyclic) bond motifs is 1. The highest BCUT2D eigenvalue weighted by Crippen LogP contribution is 2.58. The Labute approximate surface area is 182 Å². The fourth-order valence-corrected chi connectivity index (χ4v) is 6.47. The van der Waals surface area contributed by atoms with Crippen LogP contribution in [0.25, 0.3) is 0 Å². The molecule has 4 rings (SSSR count). The molecule has 0 bridgehead atoms. The smallest absolute Gasteiger partial charge is 0.0777 e. The zero-order valence-corrected chi connectivity index (χ0v) is 18.9. The summed E-state index contributed by atoms with van der Waals surface area (Å²) in [6.45, 7) is 6.81. The van der Waals surface area contributed by atoms with Crippen LogP contribution in [-0.2, 0) is 0 Å². The van der Waals surface area contributed by atoms with Crippen LogP contribution in [0.5, 0.6) is 0 Å². The third-order valence-corrected chi connectivity index (χ3v) is 8.66. The quantitative estimate of drug-likeness (QED) is 0.533. The first-order chi connectivity index (χ1) is 14.3. The Morgan fingerprint density at radius 3 is 2.60 bits per heavy atom. The van der Waals surface area contributed by atoms with E-state index in [1.54, 1.807) is 0 Å². The molecule has 0 heterocycles. The van der Waals surface area contributed by atoms with Crippen LogP contribution in [0, 0.1) is 29.1 Å². The van der Waals surface area contributed by atoms with Gasteiger partial charge in [0.1, 0.15) is 0 Å². The highest BCUT2D eigenvalue weighted by Gasteiger charge is 2.49. The van der Waals surface area contributed by atoms with Gasteiger partial charge < -0.3 is 15.3 Å². The van der Waals surface area contributed by atoms with E-state index in [-0.39, 0.29) is 6.10 Å². The van der Waals surface area contributed by atoms with Crippen LogP contribution >= 0.6 is 0 Å². The summed E-state index contributed by atoms with van der Waals surface area (Å²) in [6, 6.07) is 0. The standard InChI is InChI=1S/C27H40O3/c1-17(6-13-25(29)20-8-9-20)23-11-12-24-19(5-4-14-27(23,24)3)7-10-21-15-22(28)16-26(30)18(21)2/h5-7,10,13,17,20,22-26,28-30H,4,8-9,11-12,14-16H2,1-3H3/b10-7+,13-6+/t17?,22-,23?,24?,25?,26+,27?/m1/s1. The Balaban J connectivity index is 1.47. The van der Waals surface area contributed by atoms with Gasteiger partial charge in [-0.1, -0.05) is 44.2 Å². The molecule has 0 spiro atoms. The van der Waals surface area contributed by atoms with Crippen LogP contribution in [0.15, 0.2) is 47.1 Å². The minimum atomic E-state index is -0.520. The maximum Gasteiger partial charge on any atom is 0.0777 e. The summed E-state index contributed by atoms with van der Waals surface area (Å²) in [6.07, 6.45) is 18.2. The van der Waals surface area contributed by atoms with Gasteiger partial charge in [0.15, 0.2) is 0 Å². The van der Waals surface area contributed by atoms with Crippen LogP contribution in [0.4, 0.5) is 0 Å². The molecule has 166 valence electrons. The van der Waals surface area contributed by atoms with Crippen LogP contribution in [0.1, 0.15) is 72.1 Å². The number of aliphatic hydroxyl groups excluding tert-OH is 3. The molecule has 0 aromatic heterocycles. The summed E-state index contributed by atoms with van der Waals surface area (Å²) in [4.78, 5) is 0. The lowest BCUT2D eigenvalue weighted by Crippen LogP contribution is -2.34. The second kappa shape index (κ2) is 8.76. The van der Waals surface area contributed by atoms with Crippen molar-refractivity contribution in [3.63, 3.8) is 0 Å². The van der Waals surface area contributed by atoms with E-state index in [9.17, 15) is 15.3 Å². The van der Waals surface area contributed by atoms with Gasteiger partial charge in [0.05, 0.1) is 18.3 Å². The summed E-state index contributed by atoms with van der Waals surface area (Å²) in [5.74, 6) is 2.23. The molecular weight excluding hydrogens is 372 g/mol. The zero-order valence-electron chi connectivity index (χ0n) is 18.9. The molecule has 0 radical (unpaired) electrons. The van der Waals surface area contributed by atoms with Crippen molar-refractivity contribution < 1.29 is 15.3 Å². The van der Waals surface area contributed by atoms with Crippen molar-refractivity contribution >= 4 is 0 Å². The van der Waals surface area contributed by atoms with Gasteiger partial charge in [-0.15, -0.1) is 0 Å². The number of aliphatic hydroxyl groups is 3. The number of allylic oxidation sites excluding steroid dienone is 5. The third-order valence-electron chi connectivity index (χ3n) is 8.66. The third kappa shape index (κ3) is 4.40. The molecule has 3 nitrogen and oxygen atoms in total. The van der Waals surface area contributed by atoms with Gasteiger partial charge in [0.2, 0.25) is 0 Å². The molecular formula is C27H40O3. The molecule has 2 fully saturated rings. The Hall–Kier alpha value is -1.16. The van der Waals surface area contributed by atoms with E-state index in [1.165, 1.54) is 37.7 Å². The van der Waals surface area contributed by atoms with Gasteiger partial charge in [0, 0.05) is 6.42 Å². The van der Waals surface area contributed by atoms with Crippen LogP contribution in [0.3, 0.4) is 0 Å². The Bertz CT molecular complexity index is 756. The number of hydrogen-bond donors (Lipinski definition) is 3. The maximum atomic E-state index is 10.2. The minimum Gasteiger partial charge on any atom is -0.393 e. The second-order valence-electron chi connectivity index (χ2n) is 10.7. The largest absolute Gasteiger partial charge is 0.393 e. The lowest BCUT2D eigenvalue weighted by atomic mass is 9.62. The average Bonchev–Trinajstić information content (AvgIpc) is 3.49. The molecule has 4 aliphatic rings. The number of rotatable bonds is 6. The number of hydrogen-bond acceptors (Lipinski definition) is 3. The van der Waals surface area contributed by atoms with Gasteiger partial charge in [-0.25, -0.2) is 0 Å². The summed E-state index contributed by atoms with van der Waals surface area (Å²) in [5.41, 5.74) is 3.84. The molecule has 7 atom stereocenters. The molecule has 5 unspecified atom stereocenters. The fraction of sp³-hybridized carbons (Fsp3) is 0.704. The van der Waals surface area contributed by atoms with Gasteiger partial charge in [-0.2, -0.15) is 0 Å². The van der Waals surface area contributed by atoms with Gasteiger partial charge in [-0.3, -0.25) is 0 Å². The highest BCUT2D eigenvalue weighted by molar-refractivity contribution is 5.37. The van der Waals surface area contributed by atoms with E-state index in [1.807, 2.05) is 6.92 Å². The van der Waals surface area contributed by atoms with Crippen molar-refractivity contribution in [2.75, 3.05) is 0 Å². The predicted molar refractivity (Wildman–Crippen MR) is 122 cm³/mol. The first-order valence-electron chi connectivity index (χ1n) is 12.1. The monoisotopic (exact) mass is 412 g/mol. The Morgan fingerprint density at radius 1 is 1.10 bits per heavy atom. The minimum absolute atomic E-state index is 0.250. The molecule has 30 heavy (non-hydrogen) atoms. The molecule has 0 aliphatic heterocycles. The summed E-state index contributed by atoms with van der Waals surface area (Å²) < 4.78 is 0. The van der Waals surface area contributed by atoms with Crippen molar-refractivity contribution in [3.05, 3.63) is 47.1 Å². The topological polar surface area (TPSA) is 60.7 Å². The summed E-state index contributed by atoms with van der Waals surface area (Å²) in [7, 11) is 0.